The van der Waals surface area contributed by atoms with E-state index in [2.05, 4.69) is 5.32 Å². The Labute approximate surface area is 161 Å². The van der Waals surface area contributed by atoms with E-state index in [4.69, 9.17) is 25.8 Å². The predicted octanol–water partition coefficient (Wildman–Crippen LogP) is 3.11. The summed E-state index contributed by atoms with van der Waals surface area (Å²) in [5.41, 5.74) is 0.936. The van der Waals surface area contributed by atoms with Gasteiger partial charge in [-0.25, -0.2) is 4.79 Å². The SMILES string of the molecule is COc1cccc(OC)c1C(=O)NCC1CN(c2cccc(Cl)c2)C(=O)O1. The number of rotatable bonds is 6. The molecule has 1 fully saturated rings. The molecule has 142 valence electrons. The summed E-state index contributed by atoms with van der Waals surface area (Å²) in [5, 5.41) is 3.29. The zero-order chi connectivity index (χ0) is 19.4. The van der Waals surface area contributed by atoms with Crippen LogP contribution >= 0.6 is 11.6 Å². The predicted molar refractivity (Wildman–Crippen MR) is 101 cm³/mol. The normalized spacial score (nSPS) is 16.0. The number of hydrogen-bond donors (Lipinski definition) is 1. The zero-order valence-corrected chi connectivity index (χ0v) is 15.7. The molecule has 2 amide bonds. The quantitative estimate of drug-likeness (QED) is 0.820. The van der Waals surface area contributed by atoms with Gasteiger partial charge in [0.2, 0.25) is 0 Å². The molecule has 0 spiro atoms. The summed E-state index contributed by atoms with van der Waals surface area (Å²) in [5.74, 6) is 0.424. The highest BCUT2D eigenvalue weighted by Crippen LogP contribution is 2.28. The number of ether oxygens (including phenoxy) is 3. The van der Waals surface area contributed by atoms with Crippen LogP contribution in [0.5, 0.6) is 11.5 Å². The van der Waals surface area contributed by atoms with Gasteiger partial charge in [0.1, 0.15) is 23.2 Å². The molecule has 0 radical (unpaired) electrons. The average molecular weight is 391 g/mol. The van der Waals surface area contributed by atoms with Crippen molar-refractivity contribution in [1.29, 1.82) is 0 Å². The molecule has 1 saturated heterocycles. The van der Waals surface area contributed by atoms with E-state index < -0.39 is 12.2 Å². The molecule has 0 aromatic heterocycles. The van der Waals surface area contributed by atoms with Gasteiger partial charge in [0.25, 0.3) is 5.91 Å². The number of anilines is 1. The minimum absolute atomic E-state index is 0.156. The van der Waals surface area contributed by atoms with E-state index in [1.54, 1.807) is 42.5 Å². The molecular formula is C19H19ClN2O5. The minimum atomic E-state index is -0.485. The molecule has 1 N–H and O–H groups in total. The highest BCUT2D eigenvalue weighted by Gasteiger charge is 2.33. The summed E-state index contributed by atoms with van der Waals surface area (Å²) < 4.78 is 15.8. The second-order valence-electron chi connectivity index (χ2n) is 5.84. The van der Waals surface area contributed by atoms with E-state index in [-0.39, 0.29) is 12.5 Å². The third kappa shape index (κ3) is 4.09. The van der Waals surface area contributed by atoms with Gasteiger partial charge in [-0.3, -0.25) is 9.69 Å². The Bertz CT molecular complexity index is 835. The number of carbonyl (C=O) groups excluding carboxylic acids is 2. The summed E-state index contributed by atoms with van der Waals surface area (Å²) in [6.07, 6.45) is -0.965. The van der Waals surface area contributed by atoms with Gasteiger partial charge in [0.15, 0.2) is 0 Å². The van der Waals surface area contributed by atoms with E-state index in [0.717, 1.165) is 0 Å². The maximum Gasteiger partial charge on any atom is 0.414 e. The molecule has 7 nitrogen and oxygen atoms in total. The summed E-state index contributed by atoms with van der Waals surface area (Å²) in [6, 6.07) is 12.0. The van der Waals surface area contributed by atoms with Crippen molar-refractivity contribution < 1.29 is 23.8 Å². The molecule has 1 heterocycles. The molecule has 27 heavy (non-hydrogen) atoms. The van der Waals surface area contributed by atoms with Crippen LogP contribution in [0.2, 0.25) is 5.02 Å². The first-order valence-corrected chi connectivity index (χ1v) is 8.64. The van der Waals surface area contributed by atoms with Gasteiger partial charge in [-0.1, -0.05) is 23.7 Å². The Kier molecular flexibility index (Phi) is 5.71. The lowest BCUT2D eigenvalue weighted by atomic mass is 10.1. The maximum atomic E-state index is 12.6. The van der Waals surface area contributed by atoms with Crippen LogP contribution < -0.4 is 19.7 Å². The van der Waals surface area contributed by atoms with Crippen LogP contribution in [0, 0.1) is 0 Å². The standard InChI is InChI=1S/C19H19ClN2O5/c1-25-15-7-4-8-16(26-2)17(15)18(23)21-10-14-11-22(19(24)27-14)13-6-3-5-12(20)9-13/h3-9,14H,10-11H2,1-2H3,(H,21,23). The fourth-order valence-electron chi connectivity index (χ4n) is 2.85. The smallest absolute Gasteiger partial charge is 0.414 e. The van der Waals surface area contributed by atoms with Gasteiger partial charge in [0, 0.05) is 10.7 Å². The molecule has 0 saturated carbocycles. The number of carbonyl (C=O) groups is 2. The van der Waals surface area contributed by atoms with E-state index in [0.29, 0.717) is 34.3 Å². The molecule has 1 aliphatic rings. The van der Waals surface area contributed by atoms with E-state index in [1.165, 1.54) is 19.1 Å². The van der Waals surface area contributed by atoms with Crippen LogP contribution in [-0.4, -0.2) is 45.4 Å². The summed E-state index contributed by atoms with van der Waals surface area (Å²) in [7, 11) is 2.96. The van der Waals surface area contributed by atoms with Crippen molar-refractivity contribution in [2.75, 3.05) is 32.2 Å². The molecule has 1 unspecified atom stereocenters. The number of methoxy groups -OCH3 is 2. The molecular weight excluding hydrogens is 372 g/mol. The molecule has 2 aromatic rings. The Balaban J connectivity index is 1.66. The Hall–Kier alpha value is -2.93. The van der Waals surface area contributed by atoms with Crippen LogP contribution in [0.15, 0.2) is 42.5 Å². The molecule has 2 aromatic carbocycles. The third-order valence-corrected chi connectivity index (χ3v) is 4.37. The lowest BCUT2D eigenvalue weighted by Crippen LogP contribution is -2.35. The topological polar surface area (TPSA) is 77.1 Å². The van der Waals surface area contributed by atoms with E-state index in [9.17, 15) is 9.59 Å². The molecule has 1 aliphatic heterocycles. The lowest BCUT2D eigenvalue weighted by molar-refractivity contribution is 0.0910. The van der Waals surface area contributed by atoms with Crippen LogP contribution in [-0.2, 0) is 4.74 Å². The molecule has 8 heteroatoms. The van der Waals surface area contributed by atoms with E-state index >= 15 is 0 Å². The van der Waals surface area contributed by atoms with Gasteiger partial charge in [-0.15, -0.1) is 0 Å². The highest BCUT2D eigenvalue weighted by molar-refractivity contribution is 6.30. The summed E-state index contributed by atoms with van der Waals surface area (Å²) in [6.45, 7) is 0.464. The third-order valence-electron chi connectivity index (χ3n) is 4.14. The maximum absolute atomic E-state index is 12.6. The van der Waals surface area contributed by atoms with Crippen molar-refractivity contribution in [3.05, 3.63) is 53.1 Å². The van der Waals surface area contributed by atoms with Gasteiger partial charge in [0.05, 0.1) is 27.3 Å². The van der Waals surface area contributed by atoms with Gasteiger partial charge < -0.3 is 19.5 Å². The van der Waals surface area contributed by atoms with Crippen LogP contribution in [0.25, 0.3) is 0 Å². The van der Waals surface area contributed by atoms with Crippen molar-refractivity contribution >= 4 is 29.3 Å². The number of nitrogens with zero attached hydrogens (tertiary/aromatic N) is 1. The first-order valence-electron chi connectivity index (χ1n) is 8.26. The van der Waals surface area contributed by atoms with Gasteiger partial charge in [-0.2, -0.15) is 0 Å². The van der Waals surface area contributed by atoms with Crippen molar-refractivity contribution in [3.8, 4) is 11.5 Å². The monoisotopic (exact) mass is 390 g/mol. The lowest BCUT2D eigenvalue weighted by Gasteiger charge is -2.15. The molecule has 0 aliphatic carbocycles. The van der Waals surface area contributed by atoms with Crippen LogP contribution in [0.4, 0.5) is 10.5 Å². The number of hydrogen-bond acceptors (Lipinski definition) is 5. The van der Waals surface area contributed by atoms with Crippen molar-refractivity contribution in [1.82, 2.24) is 5.32 Å². The largest absolute Gasteiger partial charge is 0.496 e. The van der Waals surface area contributed by atoms with Crippen LogP contribution in [0.1, 0.15) is 10.4 Å². The molecule has 3 rings (SSSR count). The highest BCUT2D eigenvalue weighted by atomic mass is 35.5. The number of cyclic esters (lactones) is 1. The number of amides is 2. The summed E-state index contributed by atoms with van der Waals surface area (Å²) in [4.78, 5) is 26.2. The minimum Gasteiger partial charge on any atom is -0.496 e. The van der Waals surface area contributed by atoms with Gasteiger partial charge >= 0.3 is 6.09 Å². The average Bonchev–Trinajstić information content (AvgIpc) is 3.06. The van der Waals surface area contributed by atoms with Crippen molar-refractivity contribution in [2.24, 2.45) is 0 Å². The fourth-order valence-corrected chi connectivity index (χ4v) is 3.04. The molecule has 1 atom stereocenters. The number of halogens is 1. The fraction of sp³-hybridized carbons (Fsp3) is 0.263. The summed E-state index contributed by atoms with van der Waals surface area (Å²) >= 11 is 5.98. The van der Waals surface area contributed by atoms with Crippen LogP contribution in [0.3, 0.4) is 0 Å². The first kappa shape index (κ1) is 18.8. The second kappa shape index (κ2) is 8.18. The van der Waals surface area contributed by atoms with Crippen molar-refractivity contribution in [2.45, 2.75) is 6.10 Å². The Morgan fingerprint density at radius 2 is 1.89 bits per heavy atom. The zero-order valence-electron chi connectivity index (χ0n) is 14.9. The first-order chi connectivity index (χ1) is 13.0. The number of benzene rings is 2. The van der Waals surface area contributed by atoms with Gasteiger partial charge in [-0.05, 0) is 30.3 Å². The van der Waals surface area contributed by atoms with Crippen molar-refractivity contribution in [3.63, 3.8) is 0 Å². The van der Waals surface area contributed by atoms with E-state index in [1.807, 2.05) is 0 Å². The number of nitrogens with one attached hydrogen (secondary N) is 1. The Morgan fingerprint density at radius 3 is 2.52 bits per heavy atom. The second-order valence-corrected chi connectivity index (χ2v) is 6.28. The molecule has 0 bridgehead atoms. The Morgan fingerprint density at radius 1 is 1.22 bits per heavy atom.